The van der Waals surface area contributed by atoms with E-state index in [0.29, 0.717) is 22.6 Å². The van der Waals surface area contributed by atoms with Crippen molar-refractivity contribution in [2.75, 3.05) is 6.61 Å². The van der Waals surface area contributed by atoms with E-state index in [0.717, 1.165) is 5.46 Å². The number of carbonyl (C=O) groups excluding carboxylic acids is 1. The number of fused-ring (bicyclic) bond motifs is 1. The second-order valence-electron chi connectivity index (χ2n) is 7.70. The SMILES string of the molecule is CCOC(=O)c1cc(-c2nc3cc([B]OC(C)(C)C(C)(C)O)ccc3o2)ccn1. The standard InChI is InChI=1S/C21H24BN2O5/c1-6-27-19(25)16-11-13(9-10-23-16)18-24-15-12-14(7-8-17(15)28-18)22-29-21(4,5)20(2,3)26/h7-12,26H,6H2,1-5H3. The molecule has 1 N–H and O–H groups in total. The van der Waals surface area contributed by atoms with Crippen molar-refractivity contribution >= 4 is 30.0 Å². The minimum atomic E-state index is -1.01. The van der Waals surface area contributed by atoms with Crippen LogP contribution in [0, 0.1) is 0 Å². The number of oxazole rings is 1. The first-order valence-corrected chi connectivity index (χ1v) is 9.38. The van der Waals surface area contributed by atoms with Gasteiger partial charge in [0.2, 0.25) is 5.89 Å². The zero-order valence-corrected chi connectivity index (χ0v) is 17.2. The van der Waals surface area contributed by atoms with Gasteiger partial charge in [0.05, 0.1) is 17.8 Å². The molecule has 0 aliphatic heterocycles. The van der Waals surface area contributed by atoms with Gasteiger partial charge in [0.25, 0.3) is 0 Å². The maximum atomic E-state index is 11.9. The summed E-state index contributed by atoms with van der Waals surface area (Å²) in [6.07, 6.45) is 1.52. The van der Waals surface area contributed by atoms with E-state index in [1.54, 1.807) is 46.5 Å². The first-order chi connectivity index (χ1) is 13.6. The molecule has 151 valence electrons. The Kier molecular flexibility index (Phi) is 5.77. The van der Waals surface area contributed by atoms with Gasteiger partial charge in [-0.1, -0.05) is 11.5 Å². The molecule has 1 aromatic carbocycles. The Bertz CT molecular complexity index is 1020. The number of esters is 1. The Morgan fingerprint density at radius 3 is 2.66 bits per heavy atom. The molecule has 1 radical (unpaired) electrons. The van der Waals surface area contributed by atoms with E-state index in [-0.39, 0.29) is 12.3 Å². The summed E-state index contributed by atoms with van der Waals surface area (Å²) < 4.78 is 16.6. The summed E-state index contributed by atoms with van der Waals surface area (Å²) in [6, 6.07) is 8.77. The fourth-order valence-electron chi connectivity index (χ4n) is 2.38. The molecular weight excluding hydrogens is 371 g/mol. The van der Waals surface area contributed by atoms with Crippen molar-refractivity contribution in [3.05, 3.63) is 42.2 Å². The van der Waals surface area contributed by atoms with Crippen LogP contribution < -0.4 is 5.46 Å². The summed E-state index contributed by atoms with van der Waals surface area (Å²) in [5, 5.41) is 10.2. The number of carbonyl (C=O) groups is 1. The first-order valence-electron chi connectivity index (χ1n) is 9.38. The molecule has 29 heavy (non-hydrogen) atoms. The van der Waals surface area contributed by atoms with Crippen LogP contribution in [-0.4, -0.2) is 46.3 Å². The largest absolute Gasteiger partial charge is 0.461 e. The normalized spacial score (nSPS) is 12.2. The molecule has 0 bridgehead atoms. The molecule has 0 atom stereocenters. The molecule has 7 nitrogen and oxygen atoms in total. The van der Waals surface area contributed by atoms with Crippen LogP contribution in [0.1, 0.15) is 45.1 Å². The van der Waals surface area contributed by atoms with Crippen molar-refractivity contribution in [1.82, 2.24) is 9.97 Å². The number of benzene rings is 1. The van der Waals surface area contributed by atoms with E-state index < -0.39 is 17.2 Å². The van der Waals surface area contributed by atoms with E-state index in [4.69, 9.17) is 13.8 Å². The van der Waals surface area contributed by atoms with Gasteiger partial charge >= 0.3 is 13.5 Å². The van der Waals surface area contributed by atoms with Crippen LogP contribution in [0.3, 0.4) is 0 Å². The highest BCUT2D eigenvalue weighted by Crippen LogP contribution is 2.26. The summed E-state index contributed by atoms with van der Waals surface area (Å²) in [5.41, 5.74) is 1.09. The van der Waals surface area contributed by atoms with Crippen LogP contribution in [0.25, 0.3) is 22.6 Å². The van der Waals surface area contributed by atoms with Gasteiger partial charge in [0.1, 0.15) is 11.2 Å². The molecule has 0 saturated carbocycles. The second kappa shape index (κ2) is 7.97. The number of ether oxygens (including phenoxy) is 1. The molecule has 2 heterocycles. The number of hydrogen-bond donors (Lipinski definition) is 1. The smallest absolute Gasteiger partial charge is 0.356 e. The van der Waals surface area contributed by atoms with Gasteiger partial charge in [0, 0.05) is 11.8 Å². The van der Waals surface area contributed by atoms with Crippen molar-refractivity contribution in [3.8, 4) is 11.5 Å². The monoisotopic (exact) mass is 395 g/mol. The third-order valence-corrected chi connectivity index (χ3v) is 4.87. The lowest BCUT2D eigenvalue weighted by molar-refractivity contribution is -0.0893. The van der Waals surface area contributed by atoms with Crippen LogP contribution in [0.15, 0.2) is 40.9 Å². The summed E-state index contributed by atoms with van der Waals surface area (Å²) in [4.78, 5) is 20.4. The Hall–Kier alpha value is -2.71. The Morgan fingerprint density at radius 1 is 1.21 bits per heavy atom. The van der Waals surface area contributed by atoms with Crippen LogP contribution >= 0.6 is 0 Å². The number of pyridine rings is 1. The summed E-state index contributed by atoms with van der Waals surface area (Å²) in [6.45, 7) is 9.06. The zero-order chi connectivity index (χ0) is 21.2. The molecular formula is C21H24BN2O5. The molecule has 8 heteroatoms. The molecule has 0 unspecified atom stereocenters. The number of aromatic nitrogens is 2. The molecule has 0 amide bonds. The van der Waals surface area contributed by atoms with E-state index in [1.807, 2.05) is 26.0 Å². The molecule has 0 fully saturated rings. The highest BCUT2D eigenvalue weighted by atomic mass is 16.5. The zero-order valence-electron chi connectivity index (χ0n) is 17.2. The second-order valence-corrected chi connectivity index (χ2v) is 7.70. The van der Waals surface area contributed by atoms with Crippen molar-refractivity contribution in [3.63, 3.8) is 0 Å². The predicted molar refractivity (Wildman–Crippen MR) is 110 cm³/mol. The van der Waals surface area contributed by atoms with Crippen LogP contribution in [0.2, 0.25) is 0 Å². The highest BCUT2D eigenvalue weighted by Gasteiger charge is 2.35. The van der Waals surface area contributed by atoms with Crippen molar-refractivity contribution in [2.24, 2.45) is 0 Å². The average Bonchev–Trinajstić information content (AvgIpc) is 3.09. The highest BCUT2D eigenvalue weighted by molar-refractivity contribution is 6.47. The first kappa shape index (κ1) is 21.0. The molecule has 0 aliphatic carbocycles. The van der Waals surface area contributed by atoms with Crippen molar-refractivity contribution in [2.45, 2.75) is 45.8 Å². The van der Waals surface area contributed by atoms with Crippen molar-refractivity contribution in [1.29, 1.82) is 0 Å². The molecule has 0 aliphatic rings. The number of nitrogens with zero attached hydrogens (tertiary/aromatic N) is 2. The third-order valence-electron chi connectivity index (χ3n) is 4.87. The minimum Gasteiger partial charge on any atom is -0.461 e. The van der Waals surface area contributed by atoms with Gasteiger partial charge in [0.15, 0.2) is 5.58 Å². The number of aliphatic hydroxyl groups is 1. The molecule has 2 aromatic heterocycles. The van der Waals surface area contributed by atoms with E-state index in [2.05, 4.69) is 9.97 Å². The van der Waals surface area contributed by atoms with Gasteiger partial charge in [-0.05, 0) is 58.9 Å². The van der Waals surface area contributed by atoms with Gasteiger partial charge in [-0.25, -0.2) is 14.8 Å². The fraction of sp³-hybridized carbons (Fsp3) is 0.381. The molecule has 0 saturated heterocycles. The van der Waals surface area contributed by atoms with Gasteiger partial charge in [-0.2, -0.15) is 0 Å². The van der Waals surface area contributed by atoms with E-state index in [9.17, 15) is 9.90 Å². The van der Waals surface area contributed by atoms with Crippen LogP contribution in [0.5, 0.6) is 0 Å². The Morgan fingerprint density at radius 2 is 1.97 bits per heavy atom. The lowest BCUT2D eigenvalue weighted by atomic mass is 9.82. The topological polar surface area (TPSA) is 94.7 Å². The number of hydrogen-bond acceptors (Lipinski definition) is 7. The van der Waals surface area contributed by atoms with Crippen molar-refractivity contribution < 1.29 is 23.7 Å². The van der Waals surface area contributed by atoms with Crippen LogP contribution in [-0.2, 0) is 9.39 Å². The fourth-order valence-corrected chi connectivity index (χ4v) is 2.38. The third kappa shape index (κ3) is 4.66. The van der Waals surface area contributed by atoms with E-state index >= 15 is 0 Å². The Labute approximate surface area is 170 Å². The molecule has 3 aromatic rings. The lowest BCUT2D eigenvalue weighted by Crippen LogP contribution is -2.49. The Balaban J connectivity index is 1.83. The van der Waals surface area contributed by atoms with Crippen LogP contribution in [0.4, 0.5) is 0 Å². The van der Waals surface area contributed by atoms with Gasteiger partial charge in [-0.15, -0.1) is 0 Å². The van der Waals surface area contributed by atoms with E-state index in [1.165, 1.54) is 6.20 Å². The molecule has 3 rings (SSSR count). The maximum Gasteiger partial charge on any atom is 0.356 e. The van der Waals surface area contributed by atoms with Gasteiger partial charge < -0.3 is 18.9 Å². The summed E-state index contributed by atoms with van der Waals surface area (Å²) in [7, 11) is 1.59. The lowest BCUT2D eigenvalue weighted by Gasteiger charge is -2.37. The maximum absolute atomic E-state index is 11.9. The summed E-state index contributed by atoms with van der Waals surface area (Å²) in [5.74, 6) is -0.114. The minimum absolute atomic E-state index is 0.197. The van der Waals surface area contributed by atoms with Gasteiger partial charge in [-0.3, -0.25) is 0 Å². The summed E-state index contributed by atoms with van der Waals surface area (Å²) >= 11 is 0. The molecule has 0 spiro atoms. The number of rotatable bonds is 7. The average molecular weight is 395 g/mol. The quantitative estimate of drug-likeness (QED) is 0.486. The predicted octanol–water partition coefficient (Wildman–Crippen LogP) is 2.88.